The summed E-state index contributed by atoms with van der Waals surface area (Å²) in [5.74, 6) is 0.209. The van der Waals surface area contributed by atoms with Gasteiger partial charge < -0.3 is 9.42 Å². The fourth-order valence-electron chi connectivity index (χ4n) is 4.50. The molecule has 0 radical (unpaired) electrons. The zero-order valence-corrected chi connectivity index (χ0v) is 17.0. The molecule has 1 spiro atoms. The summed E-state index contributed by atoms with van der Waals surface area (Å²) in [6.45, 7) is 1.92. The first kappa shape index (κ1) is 19.1. The van der Waals surface area contributed by atoms with Gasteiger partial charge in [-0.05, 0) is 43.8 Å². The van der Waals surface area contributed by atoms with E-state index in [1.54, 1.807) is 17.3 Å². The average Bonchev–Trinajstić information content (AvgIpc) is 3.33. The smallest absolute Gasteiger partial charge is 0.256 e. The van der Waals surface area contributed by atoms with Crippen LogP contribution < -0.4 is 0 Å². The van der Waals surface area contributed by atoms with Crippen molar-refractivity contribution in [1.82, 2.24) is 24.9 Å². The number of hydrogen-bond acceptors (Lipinski definition) is 6. The molecular weight excluding hydrogens is 409 g/mol. The molecule has 2 fully saturated rings. The lowest BCUT2D eigenvalue weighted by Gasteiger charge is -2.48. The SMILES string of the molecule is CN1CC2(CC1c1nc(-c3ccncc3)no1)CN(C(=O)c1cc(Cl)ccc1F)C2. The van der Waals surface area contributed by atoms with E-state index in [9.17, 15) is 9.18 Å². The lowest BCUT2D eigenvalue weighted by Crippen LogP contribution is -2.59. The van der Waals surface area contributed by atoms with Crippen LogP contribution in [0.3, 0.4) is 0 Å². The maximum atomic E-state index is 14.1. The van der Waals surface area contributed by atoms with Gasteiger partial charge in [0.15, 0.2) is 0 Å². The third-order valence-electron chi connectivity index (χ3n) is 5.91. The summed E-state index contributed by atoms with van der Waals surface area (Å²) in [6, 6.07) is 7.69. The molecule has 5 rings (SSSR count). The summed E-state index contributed by atoms with van der Waals surface area (Å²) in [5.41, 5.74) is 0.800. The maximum absolute atomic E-state index is 14.1. The summed E-state index contributed by atoms with van der Waals surface area (Å²) in [5, 5.41) is 4.44. The highest BCUT2D eigenvalue weighted by Crippen LogP contribution is 2.47. The number of halogens is 2. The fourth-order valence-corrected chi connectivity index (χ4v) is 4.67. The van der Waals surface area contributed by atoms with Crippen LogP contribution in [0.5, 0.6) is 0 Å². The fraction of sp³-hybridized carbons (Fsp3) is 0.333. The Morgan fingerprint density at radius 3 is 2.77 bits per heavy atom. The van der Waals surface area contributed by atoms with Gasteiger partial charge in [0.1, 0.15) is 5.82 Å². The number of nitrogens with zero attached hydrogens (tertiary/aromatic N) is 5. The molecule has 0 aliphatic carbocycles. The minimum Gasteiger partial charge on any atom is -0.337 e. The summed E-state index contributed by atoms with van der Waals surface area (Å²) in [7, 11) is 2.01. The summed E-state index contributed by atoms with van der Waals surface area (Å²) >= 11 is 5.93. The molecule has 7 nitrogen and oxygen atoms in total. The molecule has 1 amide bonds. The van der Waals surface area contributed by atoms with Crippen LogP contribution in [0.4, 0.5) is 4.39 Å². The average molecular weight is 428 g/mol. The van der Waals surface area contributed by atoms with Gasteiger partial charge in [0.2, 0.25) is 11.7 Å². The number of likely N-dealkylation sites (tertiary alicyclic amines) is 2. The van der Waals surface area contributed by atoms with E-state index in [4.69, 9.17) is 16.1 Å². The Balaban J connectivity index is 1.28. The van der Waals surface area contributed by atoms with Crippen molar-refractivity contribution >= 4 is 17.5 Å². The molecule has 3 aromatic rings. The standard InChI is InChI=1S/C21H19ClFN5O2/c1-27-10-21(11-28(12-21)20(29)15-8-14(22)2-3-16(15)23)9-17(27)19-25-18(26-30-19)13-4-6-24-7-5-13/h2-8,17H,9-12H2,1H3. The number of benzene rings is 1. The van der Waals surface area contributed by atoms with Crippen molar-refractivity contribution in [3.63, 3.8) is 0 Å². The van der Waals surface area contributed by atoms with Gasteiger partial charge in [-0.3, -0.25) is 14.7 Å². The van der Waals surface area contributed by atoms with Crippen LogP contribution in [0, 0.1) is 11.2 Å². The Morgan fingerprint density at radius 1 is 1.23 bits per heavy atom. The van der Waals surface area contributed by atoms with Crippen molar-refractivity contribution in [2.45, 2.75) is 12.5 Å². The maximum Gasteiger partial charge on any atom is 0.256 e. The molecule has 1 aromatic carbocycles. The van der Waals surface area contributed by atoms with Crippen LogP contribution >= 0.6 is 11.6 Å². The predicted molar refractivity (Wildman–Crippen MR) is 107 cm³/mol. The van der Waals surface area contributed by atoms with Gasteiger partial charge in [0.05, 0.1) is 11.6 Å². The van der Waals surface area contributed by atoms with E-state index in [0.29, 0.717) is 29.8 Å². The number of rotatable bonds is 3. The minimum atomic E-state index is -0.554. The number of aromatic nitrogens is 3. The lowest BCUT2D eigenvalue weighted by atomic mass is 9.77. The van der Waals surface area contributed by atoms with Gasteiger partial charge in [-0.1, -0.05) is 16.8 Å². The molecule has 2 aliphatic rings. The van der Waals surface area contributed by atoms with Crippen molar-refractivity contribution in [3.8, 4) is 11.4 Å². The number of carbonyl (C=O) groups is 1. The molecular formula is C21H19ClFN5O2. The first-order valence-corrected chi connectivity index (χ1v) is 10.0. The minimum absolute atomic E-state index is 0.0131. The van der Waals surface area contributed by atoms with E-state index in [2.05, 4.69) is 20.0 Å². The zero-order valence-electron chi connectivity index (χ0n) is 16.3. The van der Waals surface area contributed by atoms with Crippen LogP contribution in [0.25, 0.3) is 11.4 Å². The monoisotopic (exact) mass is 427 g/mol. The Morgan fingerprint density at radius 2 is 2.00 bits per heavy atom. The molecule has 0 saturated carbocycles. The number of carbonyl (C=O) groups excluding carboxylic acids is 1. The first-order chi connectivity index (χ1) is 14.4. The van der Waals surface area contributed by atoms with Crippen LogP contribution in [0.1, 0.15) is 28.7 Å². The van der Waals surface area contributed by atoms with E-state index in [0.717, 1.165) is 18.5 Å². The number of pyridine rings is 1. The van der Waals surface area contributed by atoms with Crippen molar-refractivity contribution in [1.29, 1.82) is 0 Å². The van der Waals surface area contributed by atoms with Gasteiger partial charge >= 0.3 is 0 Å². The summed E-state index contributed by atoms with van der Waals surface area (Å²) < 4.78 is 19.6. The van der Waals surface area contributed by atoms with E-state index < -0.39 is 5.82 Å². The summed E-state index contributed by atoms with van der Waals surface area (Å²) in [6.07, 6.45) is 4.17. The van der Waals surface area contributed by atoms with E-state index in [1.165, 1.54) is 18.2 Å². The molecule has 1 unspecified atom stereocenters. The van der Waals surface area contributed by atoms with Gasteiger partial charge in [0.25, 0.3) is 5.91 Å². The van der Waals surface area contributed by atoms with Crippen LogP contribution in [0.2, 0.25) is 5.02 Å². The Labute approximate surface area is 177 Å². The number of hydrogen-bond donors (Lipinski definition) is 0. The first-order valence-electron chi connectivity index (χ1n) is 9.63. The molecule has 0 bridgehead atoms. The van der Waals surface area contributed by atoms with Crippen LogP contribution in [-0.4, -0.2) is 57.5 Å². The highest BCUT2D eigenvalue weighted by atomic mass is 35.5. The highest BCUT2D eigenvalue weighted by Gasteiger charge is 2.53. The third-order valence-corrected chi connectivity index (χ3v) is 6.14. The third kappa shape index (κ3) is 3.26. The quantitative estimate of drug-likeness (QED) is 0.637. The van der Waals surface area contributed by atoms with E-state index in [-0.39, 0.29) is 22.9 Å². The van der Waals surface area contributed by atoms with Crippen molar-refractivity contribution < 1.29 is 13.7 Å². The molecule has 4 heterocycles. The normalized spacial score (nSPS) is 20.5. The predicted octanol–water partition coefficient (Wildman–Crippen LogP) is 3.44. The van der Waals surface area contributed by atoms with Crippen molar-refractivity contribution in [2.75, 3.05) is 26.7 Å². The largest absolute Gasteiger partial charge is 0.337 e. The lowest BCUT2D eigenvalue weighted by molar-refractivity contribution is 0.0111. The molecule has 0 N–H and O–H groups in total. The second kappa shape index (κ2) is 7.14. The molecule has 30 heavy (non-hydrogen) atoms. The number of amides is 1. The molecule has 9 heteroatoms. The molecule has 1 atom stereocenters. The van der Waals surface area contributed by atoms with Gasteiger partial charge in [-0.2, -0.15) is 4.98 Å². The van der Waals surface area contributed by atoms with Crippen molar-refractivity contribution in [2.24, 2.45) is 5.41 Å². The molecule has 154 valence electrons. The highest BCUT2D eigenvalue weighted by molar-refractivity contribution is 6.31. The zero-order chi connectivity index (χ0) is 20.9. The van der Waals surface area contributed by atoms with Gasteiger partial charge in [-0.25, -0.2) is 4.39 Å². The Hall–Kier alpha value is -2.84. The van der Waals surface area contributed by atoms with Crippen molar-refractivity contribution in [3.05, 3.63) is 65.0 Å². The second-order valence-electron chi connectivity index (χ2n) is 8.11. The molecule has 2 saturated heterocycles. The Bertz CT molecular complexity index is 1100. The van der Waals surface area contributed by atoms with Gasteiger partial charge in [0, 0.05) is 48.0 Å². The van der Waals surface area contributed by atoms with Crippen LogP contribution in [-0.2, 0) is 0 Å². The second-order valence-corrected chi connectivity index (χ2v) is 8.55. The topological polar surface area (TPSA) is 75.4 Å². The Kier molecular flexibility index (Phi) is 4.56. The summed E-state index contributed by atoms with van der Waals surface area (Å²) in [4.78, 5) is 25.1. The van der Waals surface area contributed by atoms with Crippen LogP contribution in [0.15, 0.2) is 47.2 Å². The van der Waals surface area contributed by atoms with E-state index >= 15 is 0 Å². The molecule has 2 aliphatic heterocycles. The molecule has 2 aromatic heterocycles. The van der Waals surface area contributed by atoms with Gasteiger partial charge in [-0.15, -0.1) is 0 Å². The van der Waals surface area contributed by atoms with E-state index in [1.807, 2.05) is 19.2 Å².